The van der Waals surface area contributed by atoms with Gasteiger partial charge in [-0.25, -0.2) is 0 Å². The normalized spacial score (nSPS) is 36.9. The lowest BCUT2D eigenvalue weighted by Gasteiger charge is -2.33. The zero-order chi connectivity index (χ0) is 9.14. The Morgan fingerprint density at radius 1 is 1.58 bits per heavy atom. The first-order valence-corrected chi connectivity index (χ1v) is 4.65. The number of aliphatic hydroxyl groups is 1. The Kier molecular flexibility index (Phi) is 3.23. The summed E-state index contributed by atoms with van der Waals surface area (Å²) in [6.45, 7) is 5.97. The highest BCUT2D eigenvalue weighted by molar-refractivity contribution is 5.81. The Hall–Kier alpha value is -0.410. The molecule has 0 saturated carbocycles. The van der Waals surface area contributed by atoms with Crippen LogP contribution in [0, 0.1) is 5.92 Å². The molecule has 0 spiro atoms. The Morgan fingerprint density at radius 3 is 2.83 bits per heavy atom. The fraction of sp³-hybridized carbons (Fsp3) is 0.889. The van der Waals surface area contributed by atoms with Crippen molar-refractivity contribution in [2.24, 2.45) is 5.92 Å². The van der Waals surface area contributed by atoms with Crippen LogP contribution < -0.4 is 4.90 Å². The van der Waals surface area contributed by atoms with E-state index in [2.05, 4.69) is 6.92 Å². The summed E-state index contributed by atoms with van der Waals surface area (Å²) >= 11 is 0. The Balaban J connectivity index is 2.52. The maximum absolute atomic E-state index is 11.3. The highest BCUT2D eigenvalue weighted by Gasteiger charge is 2.33. The number of hydrogen-bond donors (Lipinski definition) is 2. The quantitative estimate of drug-likeness (QED) is 0.553. The zero-order valence-electron chi connectivity index (χ0n) is 7.84. The molecule has 12 heavy (non-hydrogen) atoms. The minimum atomic E-state index is 0.167. The topological polar surface area (TPSA) is 41.7 Å². The molecule has 1 aliphatic rings. The van der Waals surface area contributed by atoms with Crippen LogP contribution in [0.4, 0.5) is 0 Å². The first kappa shape index (κ1) is 9.68. The molecule has 2 N–H and O–H groups in total. The van der Waals surface area contributed by atoms with Gasteiger partial charge in [0.25, 0.3) is 0 Å². The van der Waals surface area contributed by atoms with Gasteiger partial charge in [0, 0.05) is 0 Å². The van der Waals surface area contributed by atoms with E-state index >= 15 is 0 Å². The lowest BCUT2D eigenvalue weighted by molar-refractivity contribution is -0.928. The zero-order valence-corrected chi connectivity index (χ0v) is 7.84. The summed E-state index contributed by atoms with van der Waals surface area (Å²) in [5, 5.41) is 8.78. The van der Waals surface area contributed by atoms with Crippen LogP contribution >= 0.6 is 0 Å². The van der Waals surface area contributed by atoms with E-state index in [-0.39, 0.29) is 12.5 Å². The molecule has 0 amide bonds. The van der Waals surface area contributed by atoms with E-state index < -0.39 is 0 Å². The summed E-state index contributed by atoms with van der Waals surface area (Å²) in [4.78, 5) is 12.6. The van der Waals surface area contributed by atoms with Crippen molar-refractivity contribution in [2.45, 2.75) is 26.3 Å². The van der Waals surface area contributed by atoms with Crippen LogP contribution in [0.1, 0.15) is 20.3 Å². The van der Waals surface area contributed by atoms with Crippen molar-refractivity contribution in [3.63, 3.8) is 0 Å². The van der Waals surface area contributed by atoms with Crippen LogP contribution in [0.2, 0.25) is 0 Å². The number of Topliss-reactive ketones (excluding diaryl/α,β-unsaturated/α-hetero) is 1. The molecule has 0 aliphatic carbocycles. The van der Waals surface area contributed by atoms with E-state index in [4.69, 9.17) is 5.11 Å². The van der Waals surface area contributed by atoms with Crippen molar-refractivity contribution < 1.29 is 14.8 Å². The Bertz CT molecular complexity index is 170. The maximum Gasteiger partial charge on any atom is 0.147 e. The third-order valence-electron chi connectivity index (χ3n) is 3.03. The molecule has 1 unspecified atom stereocenters. The molecular weight excluding hydrogens is 154 g/mol. The fourth-order valence-electron chi connectivity index (χ4n) is 1.87. The number of carbonyl (C=O) groups excluding carboxylic acids is 1. The number of quaternary nitrogens is 1. The fourth-order valence-corrected chi connectivity index (χ4v) is 1.87. The van der Waals surface area contributed by atoms with E-state index in [9.17, 15) is 4.79 Å². The van der Waals surface area contributed by atoms with Gasteiger partial charge in [0.05, 0.1) is 31.5 Å². The number of piperidine rings is 1. The van der Waals surface area contributed by atoms with Gasteiger partial charge in [0.15, 0.2) is 0 Å². The van der Waals surface area contributed by atoms with Gasteiger partial charge in [-0.1, -0.05) is 0 Å². The number of rotatable bonds is 2. The molecule has 1 saturated heterocycles. The molecule has 3 atom stereocenters. The molecule has 1 rings (SSSR count). The van der Waals surface area contributed by atoms with Crippen LogP contribution in [0.25, 0.3) is 0 Å². The Labute approximate surface area is 73.4 Å². The Morgan fingerprint density at radius 2 is 2.25 bits per heavy atom. The number of nitrogens with one attached hydrogen (secondary N) is 1. The smallest absolute Gasteiger partial charge is 0.147 e. The number of ketones is 1. The average molecular weight is 172 g/mol. The van der Waals surface area contributed by atoms with E-state index in [0.717, 1.165) is 13.1 Å². The highest BCUT2D eigenvalue weighted by Crippen LogP contribution is 2.07. The van der Waals surface area contributed by atoms with Gasteiger partial charge >= 0.3 is 0 Å². The minimum Gasteiger partial charge on any atom is -0.391 e. The van der Waals surface area contributed by atoms with E-state index in [1.54, 1.807) is 0 Å². The summed E-state index contributed by atoms with van der Waals surface area (Å²) < 4.78 is 0. The number of likely N-dealkylation sites (tertiary alicyclic amines) is 1. The molecule has 1 heterocycles. The van der Waals surface area contributed by atoms with E-state index in [1.807, 2.05) is 6.92 Å². The van der Waals surface area contributed by atoms with Crippen LogP contribution in [-0.4, -0.2) is 36.6 Å². The molecule has 0 aromatic carbocycles. The molecule has 0 radical (unpaired) electrons. The molecule has 0 aromatic rings. The van der Waals surface area contributed by atoms with Gasteiger partial charge in [-0.3, -0.25) is 4.79 Å². The van der Waals surface area contributed by atoms with Crippen molar-refractivity contribution in [3.8, 4) is 0 Å². The van der Waals surface area contributed by atoms with Crippen molar-refractivity contribution in [1.29, 1.82) is 0 Å². The van der Waals surface area contributed by atoms with Crippen molar-refractivity contribution in [2.75, 3.05) is 19.7 Å². The molecule has 0 aromatic heterocycles. The van der Waals surface area contributed by atoms with Crippen molar-refractivity contribution in [1.82, 2.24) is 0 Å². The summed E-state index contributed by atoms with van der Waals surface area (Å²) in [6, 6.07) is 0.374. The van der Waals surface area contributed by atoms with Crippen molar-refractivity contribution >= 4 is 5.78 Å². The lowest BCUT2D eigenvalue weighted by Crippen LogP contribution is -3.17. The number of hydrogen-bond acceptors (Lipinski definition) is 2. The molecule has 1 fully saturated rings. The predicted molar refractivity (Wildman–Crippen MR) is 46.0 cm³/mol. The number of carbonyl (C=O) groups is 1. The summed E-state index contributed by atoms with van der Waals surface area (Å²) in [6.07, 6.45) is 0.681. The van der Waals surface area contributed by atoms with Crippen LogP contribution in [0.3, 0.4) is 0 Å². The molecule has 3 heteroatoms. The largest absolute Gasteiger partial charge is 0.391 e. The summed E-state index contributed by atoms with van der Waals surface area (Å²) in [5.74, 6) is 0.546. The first-order chi connectivity index (χ1) is 5.66. The van der Waals surface area contributed by atoms with Gasteiger partial charge in [-0.05, 0) is 13.8 Å². The summed E-state index contributed by atoms with van der Waals surface area (Å²) in [7, 11) is 0. The first-order valence-electron chi connectivity index (χ1n) is 4.65. The molecule has 70 valence electrons. The SMILES string of the molecule is C[C@@H]1C(=O)CC[NH+](CCO)[C@H]1C. The van der Waals surface area contributed by atoms with Crippen LogP contribution in [0.5, 0.6) is 0 Å². The third kappa shape index (κ3) is 1.84. The average Bonchev–Trinajstić information content (AvgIpc) is 2.07. The second kappa shape index (κ2) is 4.01. The number of aliphatic hydroxyl groups excluding tert-OH is 1. The van der Waals surface area contributed by atoms with Gasteiger partial charge in [-0.15, -0.1) is 0 Å². The summed E-state index contributed by atoms with van der Waals surface area (Å²) in [5.41, 5.74) is 0. The minimum absolute atomic E-state index is 0.167. The van der Waals surface area contributed by atoms with Crippen molar-refractivity contribution in [3.05, 3.63) is 0 Å². The molecule has 1 aliphatic heterocycles. The maximum atomic E-state index is 11.3. The second-order valence-electron chi connectivity index (χ2n) is 3.68. The second-order valence-corrected chi connectivity index (χ2v) is 3.68. The highest BCUT2D eigenvalue weighted by atomic mass is 16.3. The van der Waals surface area contributed by atoms with Gasteiger partial charge in [0.1, 0.15) is 12.3 Å². The van der Waals surface area contributed by atoms with Crippen LogP contribution in [-0.2, 0) is 4.79 Å². The molecule has 0 bridgehead atoms. The van der Waals surface area contributed by atoms with Gasteiger partial charge < -0.3 is 10.0 Å². The predicted octanol–water partition coefficient (Wildman–Crippen LogP) is -1.14. The molecular formula is C9H18NO2+. The van der Waals surface area contributed by atoms with Gasteiger partial charge in [-0.2, -0.15) is 0 Å². The van der Waals surface area contributed by atoms with Gasteiger partial charge in [0.2, 0.25) is 0 Å². The lowest BCUT2D eigenvalue weighted by atomic mass is 9.91. The monoisotopic (exact) mass is 172 g/mol. The van der Waals surface area contributed by atoms with E-state index in [1.165, 1.54) is 4.90 Å². The standard InChI is InChI=1S/C9H17NO2/c1-7-8(2)10(5-6-11)4-3-9(7)12/h7-8,11H,3-6H2,1-2H3/p+1/t7-,8-/m0/s1. The third-order valence-corrected chi connectivity index (χ3v) is 3.03. The van der Waals surface area contributed by atoms with E-state index in [0.29, 0.717) is 18.2 Å². The molecule has 3 nitrogen and oxygen atoms in total. The van der Waals surface area contributed by atoms with Crippen LogP contribution in [0.15, 0.2) is 0 Å².